The molecule has 5 nitrogen and oxygen atoms in total. The van der Waals surface area contributed by atoms with Crippen LogP contribution in [0.5, 0.6) is 5.88 Å². The maximum atomic E-state index is 5.59. The first-order chi connectivity index (χ1) is 9.80. The van der Waals surface area contributed by atoms with Gasteiger partial charge in [-0.3, -0.25) is 0 Å². The first-order valence-corrected chi connectivity index (χ1v) is 7.53. The lowest BCUT2D eigenvalue weighted by atomic mass is 10.2. The molecule has 0 radical (unpaired) electrons. The average Bonchev–Trinajstić information content (AvgIpc) is 2.44. The number of nitrogens with zero attached hydrogens (tertiary/aromatic N) is 2. The molecule has 0 saturated carbocycles. The van der Waals surface area contributed by atoms with E-state index in [-0.39, 0.29) is 0 Å². The molecule has 114 valence electrons. The maximum absolute atomic E-state index is 5.59. The highest BCUT2D eigenvalue weighted by atomic mass is 16.5. The van der Waals surface area contributed by atoms with Crippen molar-refractivity contribution in [3.63, 3.8) is 0 Å². The van der Waals surface area contributed by atoms with Gasteiger partial charge in [-0.15, -0.1) is 0 Å². The van der Waals surface area contributed by atoms with E-state index in [1.54, 1.807) is 7.11 Å². The molecule has 0 unspecified atom stereocenters. The summed E-state index contributed by atoms with van der Waals surface area (Å²) < 4.78 is 10.6. The van der Waals surface area contributed by atoms with Crippen LogP contribution in [0.15, 0.2) is 6.07 Å². The van der Waals surface area contributed by atoms with Crippen molar-refractivity contribution in [2.45, 2.75) is 46.0 Å². The zero-order valence-corrected chi connectivity index (χ0v) is 12.9. The molecule has 0 bridgehead atoms. The highest BCUT2D eigenvalue weighted by Gasteiger charge is 2.05. The van der Waals surface area contributed by atoms with E-state index in [0.717, 1.165) is 37.4 Å². The monoisotopic (exact) mass is 281 g/mol. The van der Waals surface area contributed by atoms with Crippen LogP contribution in [0, 0.1) is 0 Å². The first-order valence-electron chi connectivity index (χ1n) is 7.53. The van der Waals surface area contributed by atoms with E-state index >= 15 is 0 Å². The number of rotatable bonds is 11. The average molecular weight is 281 g/mol. The first kappa shape index (κ1) is 16.7. The summed E-state index contributed by atoms with van der Waals surface area (Å²) >= 11 is 0. The van der Waals surface area contributed by atoms with Crippen molar-refractivity contribution < 1.29 is 9.47 Å². The summed E-state index contributed by atoms with van der Waals surface area (Å²) in [6.45, 7) is 6.33. The second-order valence-electron chi connectivity index (χ2n) is 4.73. The summed E-state index contributed by atoms with van der Waals surface area (Å²) in [6, 6.07) is 1.86. The molecule has 20 heavy (non-hydrogen) atoms. The summed E-state index contributed by atoms with van der Waals surface area (Å²) in [4.78, 5) is 8.93. The lowest BCUT2D eigenvalue weighted by Crippen LogP contribution is -2.10. The summed E-state index contributed by atoms with van der Waals surface area (Å²) in [5, 5.41) is 3.35. The van der Waals surface area contributed by atoms with Gasteiger partial charge in [-0.25, -0.2) is 4.98 Å². The Morgan fingerprint density at radius 3 is 2.65 bits per heavy atom. The van der Waals surface area contributed by atoms with E-state index in [1.165, 1.54) is 12.8 Å². The second-order valence-corrected chi connectivity index (χ2v) is 4.73. The molecule has 1 heterocycles. The molecule has 0 aliphatic heterocycles. The van der Waals surface area contributed by atoms with Gasteiger partial charge in [0.25, 0.3) is 0 Å². The van der Waals surface area contributed by atoms with E-state index in [2.05, 4.69) is 29.1 Å². The van der Waals surface area contributed by atoms with E-state index in [9.17, 15) is 0 Å². The topological polar surface area (TPSA) is 56.3 Å². The summed E-state index contributed by atoms with van der Waals surface area (Å²) in [5.74, 6) is 2.31. The molecule has 0 spiro atoms. The highest BCUT2D eigenvalue weighted by molar-refractivity contribution is 5.38. The predicted octanol–water partition coefficient (Wildman–Crippen LogP) is 3.06. The summed E-state index contributed by atoms with van der Waals surface area (Å²) in [6.07, 6.45) is 5.50. The Labute approximate surface area is 122 Å². The van der Waals surface area contributed by atoms with Crippen molar-refractivity contribution in [2.75, 3.05) is 32.2 Å². The number of anilines is 1. The molecule has 0 amide bonds. The Hall–Kier alpha value is -1.36. The van der Waals surface area contributed by atoms with Crippen molar-refractivity contribution >= 4 is 5.82 Å². The molecule has 1 aromatic heterocycles. The zero-order valence-electron chi connectivity index (χ0n) is 12.9. The van der Waals surface area contributed by atoms with Crippen molar-refractivity contribution in [1.82, 2.24) is 9.97 Å². The molecule has 0 atom stereocenters. The third kappa shape index (κ3) is 6.70. The lowest BCUT2D eigenvalue weighted by molar-refractivity contribution is 0.143. The Balaban J connectivity index is 2.60. The molecule has 0 aliphatic rings. The van der Waals surface area contributed by atoms with Gasteiger partial charge in [0.1, 0.15) is 18.2 Å². The van der Waals surface area contributed by atoms with Crippen molar-refractivity contribution in [1.29, 1.82) is 0 Å². The molecule has 0 aromatic carbocycles. The molecule has 1 aromatic rings. The number of unbranched alkanes of at least 4 members (excludes halogenated alkanes) is 2. The number of hydrogen-bond donors (Lipinski definition) is 1. The van der Waals surface area contributed by atoms with Crippen LogP contribution in [0.4, 0.5) is 5.82 Å². The fourth-order valence-corrected chi connectivity index (χ4v) is 1.79. The van der Waals surface area contributed by atoms with Crippen LogP contribution in [0.3, 0.4) is 0 Å². The molecule has 0 fully saturated rings. The van der Waals surface area contributed by atoms with Crippen molar-refractivity contribution in [2.24, 2.45) is 0 Å². The minimum Gasteiger partial charge on any atom is -0.475 e. The second kappa shape index (κ2) is 10.4. The van der Waals surface area contributed by atoms with Crippen LogP contribution in [-0.4, -0.2) is 36.8 Å². The van der Waals surface area contributed by atoms with Gasteiger partial charge in [0.15, 0.2) is 0 Å². The van der Waals surface area contributed by atoms with Crippen LogP contribution in [0.2, 0.25) is 0 Å². The van der Waals surface area contributed by atoms with Gasteiger partial charge in [-0.1, -0.05) is 26.7 Å². The molecule has 5 heteroatoms. The maximum Gasteiger partial charge on any atom is 0.218 e. The third-order valence-corrected chi connectivity index (χ3v) is 2.85. The van der Waals surface area contributed by atoms with Crippen molar-refractivity contribution in [3.8, 4) is 5.88 Å². The van der Waals surface area contributed by atoms with Gasteiger partial charge in [-0.05, 0) is 12.8 Å². The summed E-state index contributed by atoms with van der Waals surface area (Å²) in [5.41, 5.74) is 0. The SMILES string of the molecule is CCCCCNc1cc(OCCOC)nc(CCC)n1. The van der Waals surface area contributed by atoms with Crippen LogP contribution in [-0.2, 0) is 11.2 Å². The lowest BCUT2D eigenvalue weighted by Gasteiger charge is -2.10. The molecule has 0 saturated heterocycles. The van der Waals surface area contributed by atoms with Crippen molar-refractivity contribution in [3.05, 3.63) is 11.9 Å². The Morgan fingerprint density at radius 1 is 1.10 bits per heavy atom. The van der Waals surface area contributed by atoms with E-state index in [4.69, 9.17) is 9.47 Å². The minimum absolute atomic E-state index is 0.508. The number of methoxy groups -OCH3 is 1. The third-order valence-electron chi connectivity index (χ3n) is 2.85. The molecular weight excluding hydrogens is 254 g/mol. The number of nitrogens with one attached hydrogen (secondary N) is 1. The van der Waals surface area contributed by atoms with Crippen LogP contribution in [0.1, 0.15) is 45.4 Å². The Kier molecular flexibility index (Phi) is 8.71. The quantitative estimate of drug-likeness (QED) is 0.632. The molecule has 0 aliphatic carbocycles. The number of aryl methyl sites for hydroxylation is 1. The largest absolute Gasteiger partial charge is 0.475 e. The van der Waals surface area contributed by atoms with Gasteiger partial charge in [0, 0.05) is 26.1 Å². The standard InChI is InChI=1S/C15H27N3O2/c1-4-6-7-9-16-14-12-15(20-11-10-19-3)18-13(17-14)8-5-2/h12H,4-11H2,1-3H3,(H,16,17,18). The molecule has 1 rings (SSSR count). The smallest absolute Gasteiger partial charge is 0.218 e. The molecular formula is C15H27N3O2. The van der Waals surface area contributed by atoms with Gasteiger partial charge < -0.3 is 14.8 Å². The summed E-state index contributed by atoms with van der Waals surface area (Å²) in [7, 11) is 1.66. The van der Waals surface area contributed by atoms with E-state index in [1.807, 2.05) is 6.07 Å². The van der Waals surface area contributed by atoms with E-state index < -0.39 is 0 Å². The molecule has 1 N–H and O–H groups in total. The van der Waals surface area contributed by atoms with Crippen LogP contribution in [0.25, 0.3) is 0 Å². The van der Waals surface area contributed by atoms with Gasteiger partial charge in [-0.2, -0.15) is 4.98 Å². The van der Waals surface area contributed by atoms with E-state index in [0.29, 0.717) is 19.1 Å². The Bertz CT molecular complexity index is 372. The van der Waals surface area contributed by atoms with Gasteiger partial charge in [0.05, 0.1) is 6.61 Å². The fourth-order valence-electron chi connectivity index (χ4n) is 1.79. The highest BCUT2D eigenvalue weighted by Crippen LogP contribution is 2.15. The fraction of sp³-hybridized carbons (Fsp3) is 0.733. The predicted molar refractivity (Wildman–Crippen MR) is 81.4 cm³/mol. The van der Waals surface area contributed by atoms with Gasteiger partial charge >= 0.3 is 0 Å². The van der Waals surface area contributed by atoms with Gasteiger partial charge in [0.2, 0.25) is 5.88 Å². The Morgan fingerprint density at radius 2 is 1.95 bits per heavy atom. The zero-order chi connectivity index (χ0) is 14.6. The minimum atomic E-state index is 0.508. The normalized spacial score (nSPS) is 10.6. The number of ether oxygens (including phenoxy) is 2. The number of aromatic nitrogens is 2. The number of hydrogen-bond acceptors (Lipinski definition) is 5. The van der Waals surface area contributed by atoms with Crippen LogP contribution >= 0.6 is 0 Å². The van der Waals surface area contributed by atoms with Crippen LogP contribution < -0.4 is 10.1 Å².